The van der Waals surface area contributed by atoms with Gasteiger partial charge in [-0.05, 0) is 44.2 Å². The van der Waals surface area contributed by atoms with Gasteiger partial charge in [-0.15, -0.1) is 0 Å². The van der Waals surface area contributed by atoms with Gasteiger partial charge >= 0.3 is 0 Å². The van der Waals surface area contributed by atoms with Crippen LogP contribution in [0.2, 0.25) is 0 Å². The molecule has 2 N–H and O–H groups in total. The van der Waals surface area contributed by atoms with Gasteiger partial charge < -0.3 is 19.9 Å². The lowest BCUT2D eigenvalue weighted by Crippen LogP contribution is -2.37. The van der Waals surface area contributed by atoms with Gasteiger partial charge in [0.25, 0.3) is 5.56 Å². The zero-order valence-corrected chi connectivity index (χ0v) is 18.8. The van der Waals surface area contributed by atoms with Crippen molar-refractivity contribution in [2.75, 3.05) is 20.3 Å². The Kier molecular flexibility index (Phi) is 7.48. The lowest BCUT2D eigenvalue weighted by Gasteiger charge is -2.16. The summed E-state index contributed by atoms with van der Waals surface area (Å²) in [4.78, 5) is 30.7. The molecular formula is C24H29N3O5. The van der Waals surface area contributed by atoms with Crippen LogP contribution in [0, 0.1) is 5.92 Å². The van der Waals surface area contributed by atoms with E-state index in [4.69, 9.17) is 14.5 Å². The van der Waals surface area contributed by atoms with Crippen molar-refractivity contribution in [1.29, 1.82) is 0 Å². The van der Waals surface area contributed by atoms with Crippen molar-refractivity contribution in [3.05, 3.63) is 52.8 Å². The Labute approximate surface area is 186 Å². The molecule has 8 heteroatoms. The lowest BCUT2D eigenvalue weighted by molar-refractivity contribution is -0.122. The minimum atomic E-state index is -0.340. The summed E-state index contributed by atoms with van der Waals surface area (Å²) in [5, 5.41) is 12.4. The molecule has 0 radical (unpaired) electrons. The number of carbonyl (C=O) groups excluding carboxylic acids is 1. The maximum Gasteiger partial charge on any atom is 0.262 e. The Bertz CT molecular complexity index is 1160. The zero-order chi connectivity index (χ0) is 23.3. The van der Waals surface area contributed by atoms with Crippen LogP contribution < -0.4 is 20.3 Å². The number of amides is 1. The number of aromatic nitrogens is 2. The molecule has 8 nitrogen and oxygen atoms in total. The van der Waals surface area contributed by atoms with E-state index in [2.05, 4.69) is 5.32 Å². The van der Waals surface area contributed by atoms with E-state index in [1.807, 2.05) is 32.9 Å². The van der Waals surface area contributed by atoms with E-state index in [-0.39, 0.29) is 36.6 Å². The second-order valence-corrected chi connectivity index (χ2v) is 8.06. The number of nitrogens with one attached hydrogen (secondary N) is 1. The van der Waals surface area contributed by atoms with E-state index < -0.39 is 0 Å². The monoisotopic (exact) mass is 439 g/mol. The van der Waals surface area contributed by atoms with E-state index >= 15 is 0 Å². The van der Waals surface area contributed by atoms with E-state index in [0.29, 0.717) is 40.4 Å². The molecule has 0 aliphatic heterocycles. The fraction of sp³-hybridized carbons (Fsp3) is 0.375. The molecule has 0 saturated carbocycles. The molecule has 0 fully saturated rings. The van der Waals surface area contributed by atoms with Crippen molar-refractivity contribution in [3.63, 3.8) is 0 Å². The molecule has 0 bridgehead atoms. The third kappa shape index (κ3) is 5.45. The Morgan fingerprint density at radius 3 is 2.62 bits per heavy atom. The Morgan fingerprint density at radius 1 is 1.16 bits per heavy atom. The summed E-state index contributed by atoms with van der Waals surface area (Å²) in [6.45, 7) is 5.75. The van der Waals surface area contributed by atoms with Crippen molar-refractivity contribution in [2.45, 2.75) is 33.4 Å². The first kappa shape index (κ1) is 23.3. The number of nitrogens with zero attached hydrogens (tertiary/aromatic N) is 2. The Morgan fingerprint density at radius 2 is 1.94 bits per heavy atom. The minimum absolute atomic E-state index is 0.0107. The van der Waals surface area contributed by atoms with Gasteiger partial charge in [0.2, 0.25) is 5.91 Å². The smallest absolute Gasteiger partial charge is 0.262 e. The van der Waals surface area contributed by atoms with Crippen LogP contribution in [0.3, 0.4) is 0 Å². The molecule has 3 aromatic rings. The third-order valence-electron chi connectivity index (χ3n) is 4.85. The maximum absolute atomic E-state index is 13.5. The number of benzene rings is 2. The summed E-state index contributed by atoms with van der Waals surface area (Å²) in [6.07, 6.45) is 0. The standard InChI is InChI=1S/C24H29N3O5/c1-15(2)25-22(29)12-27-23(17-6-5-7-18(10-17)31-4)26-21-9-8-19(11-20(21)24(27)30)32-14-16(3)13-28/h5-11,15-16,28H,12-14H2,1-4H3,(H,25,29). The van der Waals surface area contributed by atoms with Gasteiger partial charge in [-0.2, -0.15) is 0 Å². The first-order valence-corrected chi connectivity index (χ1v) is 10.5. The van der Waals surface area contributed by atoms with Crippen molar-refractivity contribution in [2.24, 2.45) is 5.92 Å². The number of carbonyl (C=O) groups is 1. The van der Waals surface area contributed by atoms with Crippen molar-refractivity contribution >= 4 is 16.8 Å². The van der Waals surface area contributed by atoms with Gasteiger partial charge in [0, 0.05) is 24.1 Å². The van der Waals surface area contributed by atoms with Crippen molar-refractivity contribution in [1.82, 2.24) is 14.9 Å². The average molecular weight is 440 g/mol. The van der Waals surface area contributed by atoms with Crippen LogP contribution in [0.15, 0.2) is 47.3 Å². The summed E-state index contributed by atoms with van der Waals surface area (Å²) in [7, 11) is 1.56. The second kappa shape index (κ2) is 10.3. The third-order valence-corrected chi connectivity index (χ3v) is 4.85. The lowest BCUT2D eigenvalue weighted by atomic mass is 10.1. The highest BCUT2D eigenvalue weighted by molar-refractivity contribution is 5.83. The van der Waals surface area contributed by atoms with Crippen LogP contribution in [0.5, 0.6) is 11.5 Å². The number of aliphatic hydroxyl groups excluding tert-OH is 1. The zero-order valence-electron chi connectivity index (χ0n) is 18.8. The number of fused-ring (bicyclic) bond motifs is 1. The van der Waals surface area contributed by atoms with Gasteiger partial charge in [0.1, 0.15) is 23.9 Å². The van der Waals surface area contributed by atoms with E-state index in [1.54, 1.807) is 37.4 Å². The second-order valence-electron chi connectivity index (χ2n) is 8.06. The van der Waals surface area contributed by atoms with Gasteiger partial charge in [-0.1, -0.05) is 19.1 Å². The average Bonchev–Trinajstić information content (AvgIpc) is 2.78. The predicted molar refractivity (Wildman–Crippen MR) is 123 cm³/mol. The maximum atomic E-state index is 13.5. The molecule has 0 aliphatic rings. The molecule has 0 aliphatic carbocycles. The van der Waals surface area contributed by atoms with Crippen LogP contribution in [-0.4, -0.2) is 46.9 Å². The molecule has 1 aromatic heterocycles. The predicted octanol–water partition coefficient (Wildman–Crippen LogP) is 2.60. The number of methoxy groups -OCH3 is 1. The molecule has 1 unspecified atom stereocenters. The van der Waals surface area contributed by atoms with E-state index in [9.17, 15) is 14.7 Å². The first-order valence-electron chi connectivity index (χ1n) is 10.5. The largest absolute Gasteiger partial charge is 0.497 e. The molecule has 1 atom stereocenters. The van der Waals surface area contributed by atoms with Crippen LogP contribution in [0.25, 0.3) is 22.3 Å². The Balaban J connectivity index is 2.12. The van der Waals surface area contributed by atoms with Crippen LogP contribution >= 0.6 is 0 Å². The number of hydrogen-bond acceptors (Lipinski definition) is 6. The number of ether oxygens (including phenoxy) is 2. The SMILES string of the molecule is COc1cccc(-c2nc3ccc(OCC(C)CO)cc3c(=O)n2CC(=O)NC(C)C)c1. The summed E-state index contributed by atoms with van der Waals surface area (Å²) in [6, 6.07) is 12.2. The highest BCUT2D eigenvalue weighted by atomic mass is 16.5. The molecule has 1 heterocycles. The molecule has 170 valence electrons. The van der Waals surface area contributed by atoms with Crippen LogP contribution in [0.1, 0.15) is 20.8 Å². The summed E-state index contributed by atoms with van der Waals surface area (Å²) < 4.78 is 12.4. The van der Waals surface area contributed by atoms with Crippen LogP contribution in [0.4, 0.5) is 0 Å². The van der Waals surface area contributed by atoms with Crippen molar-refractivity contribution < 1.29 is 19.4 Å². The molecule has 32 heavy (non-hydrogen) atoms. The fourth-order valence-electron chi connectivity index (χ4n) is 3.22. The number of hydrogen-bond donors (Lipinski definition) is 2. The summed E-state index contributed by atoms with van der Waals surface area (Å²) >= 11 is 0. The van der Waals surface area contributed by atoms with Gasteiger partial charge in [-0.3, -0.25) is 14.2 Å². The quantitative estimate of drug-likeness (QED) is 0.531. The molecule has 0 spiro atoms. The van der Waals surface area contributed by atoms with Crippen LogP contribution in [-0.2, 0) is 11.3 Å². The Hall–Kier alpha value is -3.39. The summed E-state index contributed by atoms with van der Waals surface area (Å²) in [5.41, 5.74) is 0.820. The molecule has 0 saturated heterocycles. The van der Waals surface area contributed by atoms with E-state index in [1.165, 1.54) is 4.57 Å². The topological polar surface area (TPSA) is 103 Å². The molecule has 1 amide bonds. The first-order chi connectivity index (χ1) is 15.3. The molecule has 3 rings (SSSR count). The summed E-state index contributed by atoms with van der Waals surface area (Å²) in [5.74, 6) is 1.19. The molecule has 2 aromatic carbocycles. The van der Waals surface area contributed by atoms with Gasteiger partial charge in [0.05, 0.1) is 24.6 Å². The van der Waals surface area contributed by atoms with Crippen molar-refractivity contribution in [3.8, 4) is 22.9 Å². The van der Waals surface area contributed by atoms with E-state index in [0.717, 1.165) is 0 Å². The fourth-order valence-corrected chi connectivity index (χ4v) is 3.22. The molecular weight excluding hydrogens is 410 g/mol. The number of aliphatic hydroxyl groups is 1. The van der Waals surface area contributed by atoms with Gasteiger partial charge in [0.15, 0.2) is 0 Å². The normalized spacial score (nSPS) is 12.1. The van der Waals surface area contributed by atoms with Gasteiger partial charge in [-0.25, -0.2) is 4.98 Å². The highest BCUT2D eigenvalue weighted by Gasteiger charge is 2.17. The minimum Gasteiger partial charge on any atom is -0.497 e. The number of rotatable bonds is 9. The highest BCUT2D eigenvalue weighted by Crippen LogP contribution is 2.25.